The fourth-order valence-electron chi connectivity index (χ4n) is 2.72. The van der Waals surface area contributed by atoms with Crippen LogP contribution in [0.15, 0.2) is 47.4 Å². The molecule has 0 aliphatic heterocycles. The summed E-state index contributed by atoms with van der Waals surface area (Å²) in [5.74, 6) is -0.605. The molecule has 0 spiro atoms. The first-order valence-electron chi connectivity index (χ1n) is 8.37. The summed E-state index contributed by atoms with van der Waals surface area (Å²) in [7, 11) is -3.81. The number of carbonyl (C=O) groups is 2. The molecule has 3 rings (SSSR count). The topological polar surface area (TPSA) is 80.3 Å². The second kappa shape index (κ2) is 6.14. The molecule has 1 aliphatic carbocycles. The summed E-state index contributed by atoms with van der Waals surface area (Å²) in [5.41, 5.74) is 0.749. The Labute approximate surface area is 153 Å². The van der Waals surface area contributed by atoms with E-state index in [0.29, 0.717) is 11.1 Å². The highest BCUT2D eigenvalue weighted by Gasteiger charge is 2.32. The molecule has 26 heavy (non-hydrogen) atoms. The van der Waals surface area contributed by atoms with Crippen LogP contribution in [0, 0.1) is 5.41 Å². The van der Waals surface area contributed by atoms with E-state index in [9.17, 15) is 18.0 Å². The van der Waals surface area contributed by atoms with Crippen LogP contribution in [0.5, 0.6) is 0 Å². The van der Waals surface area contributed by atoms with Crippen LogP contribution in [-0.2, 0) is 10.0 Å². The van der Waals surface area contributed by atoms with E-state index < -0.39 is 10.0 Å². The van der Waals surface area contributed by atoms with Crippen molar-refractivity contribution >= 4 is 21.6 Å². The monoisotopic (exact) mass is 371 g/mol. The quantitative estimate of drug-likeness (QED) is 0.767. The zero-order valence-electron chi connectivity index (χ0n) is 15.2. The normalized spacial score (nSPS) is 15.4. The van der Waals surface area contributed by atoms with E-state index in [1.165, 1.54) is 18.2 Å². The van der Waals surface area contributed by atoms with Crippen molar-refractivity contribution < 1.29 is 18.0 Å². The van der Waals surface area contributed by atoms with E-state index in [0.717, 1.165) is 0 Å². The summed E-state index contributed by atoms with van der Waals surface area (Å²) in [4.78, 5) is 25.3. The van der Waals surface area contributed by atoms with Crippen molar-refractivity contribution in [3.8, 4) is 0 Å². The molecular formula is C20H21NO4S. The van der Waals surface area contributed by atoms with Gasteiger partial charge in [-0.25, -0.2) is 13.1 Å². The van der Waals surface area contributed by atoms with Crippen LogP contribution in [0.25, 0.3) is 0 Å². The number of sulfonamides is 1. The van der Waals surface area contributed by atoms with Crippen LogP contribution in [0.3, 0.4) is 0 Å². The average molecular weight is 371 g/mol. The molecule has 0 radical (unpaired) electrons. The molecule has 0 amide bonds. The third kappa shape index (κ3) is 3.10. The molecule has 1 aliphatic rings. The van der Waals surface area contributed by atoms with Crippen molar-refractivity contribution in [1.29, 1.82) is 0 Å². The molecule has 136 valence electrons. The Morgan fingerprint density at radius 2 is 1.35 bits per heavy atom. The van der Waals surface area contributed by atoms with Crippen LogP contribution in [-0.4, -0.2) is 26.0 Å². The van der Waals surface area contributed by atoms with Crippen molar-refractivity contribution in [2.75, 3.05) is 0 Å². The molecule has 1 N–H and O–H groups in total. The number of fused-ring (bicyclic) bond motifs is 2. The van der Waals surface area contributed by atoms with Gasteiger partial charge in [-0.1, -0.05) is 45.0 Å². The maximum absolute atomic E-state index is 12.7. The molecule has 0 saturated carbocycles. The fraction of sp³-hybridized carbons (Fsp3) is 0.300. The van der Waals surface area contributed by atoms with Crippen LogP contribution in [0.1, 0.15) is 59.5 Å². The van der Waals surface area contributed by atoms with Gasteiger partial charge in [0.2, 0.25) is 10.0 Å². The first kappa shape index (κ1) is 18.5. The molecule has 0 saturated heterocycles. The van der Waals surface area contributed by atoms with Crippen molar-refractivity contribution in [3.63, 3.8) is 0 Å². The fourth-order valence-corrected chi connectivity index (χ4v) is 4.20. The van der Waals surface area contributed by atoms with E-state index in [2.05, 4.69) is 4.72 Å². The Morgan fingerprint density at radius 3 is 1.88 bits per heavy atom. The maximum Gasteiger partial charge on any atom is 0.240 e. The lowest BCUT2D eigenvalue weighted by atomic mass is 9.84. The van der Waals surface area contributed by atoms with Gasteiger partial charge < -0.3 is 0 Å². The molecule has 0 fully saturated rings. The summed E-state index contributed by atoms with van der Waals surface area (Å²) < 4.78 is 28.0. The highest BCUT2D eigenvalue weighted by Crippen LogP contribution is 2.29. The lowest BCUT2D eigenvalue weighted by Crippen LogP contribution is -2.41. The summed E-state index contributed by atoms with van der Waals surface area (Å²) in [5, 5.41) is 0. The number of benzene rings is 2. The lowest BCUT2D eigenvalue weighted by Gasteiger charge is -2.28. The minimum atomic E-state index is -3.81. The van der Waals surface area contributed by atoms with E-state index in [4.69, 9.17) is 0 Å². The first-order valence-corrected chi connectivity index (χ1v) is 9.85. The number of hydrogen-bond donors (Lipinski definition) is 1. The van der Waals surface area contributed by atoms with Crippen molar-refractivity contribution in [2.45, 2.75) is 38.6 Å². The van der Waals surface area contributed by atoms with Gasteiger partial charge in [0, 0.05) is 28.3 Å². The highest BCUT2D eigenvalue weighted by atomic mass is 32.2. The Bertz CT molecular complexity index is 1020. The molecule has 1 atom stereocenters. The van der Waals surface area contributed by atoms with Gasteiger partial charge in [0.05, 0.1) is 4.90 Å². The molecule has 0 bridgehead atoms. The second-order valence-electron chi connectivity index (χ2n) is 7.62. The number of carbonyl (C=O) groups excluding carboxylic acids is 2. The van der Waals surface area contributed by atoms with Crippen molar-refractivity contribution in [1.82, 2.24) is 4.72 Å². The molecule has 6 heteroatoms. The highest BCUT2D eigenvalue weighted by molar-refractivity contribution is 7.89. The van der Waals surface area contributed by atoms with Gasteiger partial charge in [-0.3, -0.25) is 9.59 Å². The van der Waals surface area contributed by atoms with E-state index >= 15 is 0 Å². The average Bonchev–Trinajstić information content (AvgIpc) is 2.58. The first-order chi connectivity index (χ1) is 12.0. The number of rotatable bonds is 3. The van der Waals surface area contributed by atoms with E-state index in [-0.39, 0.29) is 39.0 Å². The molecule has 1 unspecified atom stereocenters. The molecule has 0 heterocycles. The third-order valence-electron chi connectivity index (χ3n) is 4.84. The largest absolute Gasteiger partial charge is 0.289 e. The van der Waals surface area contributed by atoms with Gasteiger partial charge in [0.15, 0.2) is 11.6 Å². The molecule has 0 aromatic heterocycles. The Balaban J connectivity index is 2.05. The number of hydrogen-bond acceptors (Lipinski definition) is 4. The second-order valence-corrected chi connectivity index (χ2v) is 9.33. The Kier molecular flexibility index (Phi) is 4.37. The smallest absolute Gasteiger partial charge is 0.240 e. The summed E-state index contributed by atoms with van der Waals surface area (Å²) in [6, 6.07) is 10.4. The molecule has 2 aromatic rings. The van der Waals surface area contributed by atoms with Crippen LogP contribution in [0.4, 0.5) is 0 Å². The van der Waals surface area contributed by atoms with E-state index in [1.807, 2.05) is 20.8 Å². The van der Waals surface area contributed by atoms with Crippen LogP contribution >= 0.6 is 0 Å². The van der Waals surface area contributed by atoms with Gasteiger partial charge in [0.25, 0.3) is 0 Å². The van der Waals surface area contributed by atoms with Crippen LogP contribution in [0.2, 0.25) is 0 Å². The lowest BCUT2D eigenvalue weighted by molar-refractivity contribution is 0.0979. The Morgan fingerprint density at radius 1 is 0.846 bits per heavy atom. The van der Waals surface area contributed by atoms with E-state index in [1.54, 1.807) is 31.2 Å². The van der Waals surface area contributed by atoms with Crippen molar-refractivity contribution in [2.24, 2.45) is 5.41 Å². The van der Waals surface area contributed by atoms with Gasteiger partial charge in [0.1, 0.15) is 0 Å². The summed E-state index contributed by atoms with van der Waals surface area (Å²) >= 11 is 0. The standard InChI is InChI=1S/C20H21NO4S/c1-12(20(2,3)4)21-26(24,25)13-9-10-16-17(11-13)19(23)15-8-6-5-7-14(15)18(16)22/h5-12,21H,1-4H3. The zero-order valence-corrected chi connectivity index (χ0v) is 16.0. The Hall–Kier alpha value is -2.31. The third-order valence-corrected chi connectivity index (χ3v) is 6.38. The number of ketones is 2. The molecular weight excluding hydrogens is 350 g/mol. The predicted molar refractivity (Wildman–Crippen MR) is 99.0 cm³/mol. The van der Waals surface area contributed by atoms with Gasteiger partial charge >= 0.3 is 0 Å². The predicted octanol–water partition coefficient (Wildman–Crippen LogP) is 3.17. The zero-order chi connectivity index (χ0) is 19.3. The van der Waals surface area contributed by atoms with Gasteiger partial charge in [-0.15, -0.1) is 0 Å². The maximum atomic E-state index is 12.7. The minimum Gasteiger partial charge on any atom is -0.289 e. The summed E-state index contributed by atoms with van der Waals surface area (Å²) in [6.07, 6.45) is 0. The van der Waals surface area contributed by atoms with Crippen LogP contribution < -0.4 is 4.72 Å². The van der Waals surface area contributed by atoms with Crippen molar-refractivity contribution in [3.05, 3.63) is 64.7 Å². The minimum absolute atomic E-state index is 0.0205. The van der Waals surface area contributed by atoms with Gasteiger partial charge in [-0.05, 0) is 30.5 Å². The number of nitrogens with one attached hydrogen (secondary N) is 1. The molecule has 5 nitrogen and oxygen atoms in total. The SMILES string of the molecule is CC(NS(=O)(=O)c1ccc2c(c1)C(=O)c1ccccc1C2=O)C(C)(C)C. The van der Waals surface area contributed by atoms with Gasteiger partial charge in [-0.2, -0.15) is 0 Å². The summed E-state index contributed by atoms with van der Waals surface area (Å²) in [6.45, 7) is 7.60. The molecule has 2 aromatic carbocycles.